The van der Waals surface area contributed by atoms with Crippen molar-refractivity contribution in [2.24, 2.45) is 0 Å². The lowest BCUT2D eigenvalue weighted by Gasteiger charge is -2.26. The third kappa shape index (κ3) is 14.2. The van der Waals surface area contributed by atoms with E-state index in [1.54, 1.807) is 0 Å². The Balaban J connectivity index is 0.00000705. The van der Waals surface area contributed by atoms with Crippen LogP contribution < -0.4 is 9.64 Å². The third-order valence-electron chi connectivity index (χ3n) is 8.48. The van der Waals surface area contributed by atoms with Gasteiger partial charge in [0, 0.05) is 24.9 Å². The molecule has 0 bridgehead atoms. The summed E-state index contributed by atoms with van der Waals surface area (Å²) in [5, 5.41) is 0. The highest BCUT2D eigenvalue weighted by Gasteiger charge is 2.21. The van der Waals surface area contributed by atoms with E-state index < -0.39 is 0 Å². The summed E-state index contributed by atoms with van der Waals surface area (Å²) in [5.41, 5.74) is 4.49. The maximum Gasteiger partial charge on any atom is 0.227 e. The molecule has 0 fully saturated rings. The maximum absolute atomic E-state index is 13.2. The lowest BCUT2D eigenvalue weighted by Crippen LogP contribution is -2.30. The minimum atomic E-state index is -0.0156. The molecule has 0 N–H and O–H groups in total. The lowest BCUT2D eigenvalue weighted by atomic mass is 9.85. The molecule has 2 aromatic rings. The van der Waals surface area contributed by atoms with Crippen molar-refractivity contribution in [3.8, 4) is 5.75 Å². The molecule has 0 saturated heterocycles. The maximum atomic E-state index is 13.2. The number of thioether (sulfide) groups is 1. The third-order valence-corrected chi connectivity index (χ3v) is 9.51. The van der Waals surface area contributed by atoms with Crippen molar-refractivity contribution >= 4 is 40.3 Å². The molecular weight excluding hydrogens is 640 g/mol. The van der Waals surface area contributed by atoms with Gasteiger partial charge >= 0.3 is 0 Å². The van der Waals surface area contributed by atoms with Crippen LogP contribution in [0.4, 0.5) is 5.69 Å². The Hall–Kier alpha value is -1.92. The van der Waals surface area contributed by atoms with Gasteiger partial charge in [0.2, 0.25) is 5.91 Å². The SMILES string of the molecule is Br.CCCCCCCCCCCCCCOc1cc(CN(C(=O)CC)c2cccc(CN3C=C(C)SC3)c2)ccc1C(C)(C)C. The topological polar surface area (TPSA) is 32.8 Å². The average molecular weight is 702 g/mol. The Morgan fingerprint density at radius 3 is 2.09 bits per heavy atom. The van der Waals surface area contributed by atoms with Gasteiger partial charge in [0.15, 0.2) is 0 Å². The molecule has 1 amide bonds. The molecule has 3 rings (SSSR count). The number of halogens is 1. The van der Waals surface area contributed by atoms with Gasteiger partial charge in [0.25, 0.3) is 0 Å². The van der Waals surface area contributed by atoms with E-state index in [0.29, 0.717) is 13.0 Å². The Bertz CT molecular complexity index is 1180. The van der Waals surface area contributed by atoms with Crippen molar-refractivity contribution in [2.75, 3.05) is 17.4 Å². The highest BCUT2D eigenvalue weighted by molar-refractivity contribution is 8.93. The molecular formula is C39H61BrN2O2S. The molecule has 0 aliphatic carbocycles. The predicted octanol–water partition coefficient (Wildman–Crippen LogP) is 12.0. The van der Waals surface area contributed by atoms with E-state index in [9.17, 15) is 4.79 Å². The van der Waals surface area contributed by atoms with Gasteiger partial charge < -0.3 is 14.5 Å². The van der Waals surface area contributed by atoms with Crippen LogP contribution in [0, 0.1) is 0 Å². The van der Waals surface area contributed by atoms with E-state index in [1.165, 1.54) is 86.7 Å². The zero-order valence-corrected chi connectivity index (χ0v) is 31.7. The Labute approximate surface area is 290 Å². The predicted molar refractivity (Wildman–Crippen MR) is 202 cm³/mol. The standard InChI is InChI=1S/C39H60N2O2S.BrH/c1-7-9-10-11-12-13-14-15-16-17-18-19-25-43-37-27-34(23-24-36(37)39(4,5)6)30-41(38(42)8-2)35-22-20-21-33(26-35)29-40-28-32(3)44-31-40;/h20-24,26-28H,7-19,25,29-31H2,1-6H3;1H. The van der Waals surface area contributed by atoms with Crippen LogP contribution in [0.3, 0.4) is 0 Å². The zero-order chi connectivity index (χ0) is 31.8. The first kappa shape index (κ1) is 39.3. The van der Waals surface area contributed by atoms with E-state index in [1.807, 2.05) is 23.6 Å². The number of hydrogen-bond acceptors (Lipinski definition) is 4. The summed E-state index contributed by atoms with van der Waals surface area (Å²) in [6, 6.07) is 15.0. The summed E-state index contributed by atoms with van der Waals surface area (Å²) in [5.74, 6) is 2.08. The minimum absolute atomic E-state index is 0. The van der Waals surface area contributed by atoms with Crippen molar-refractivity contribution in [1.29, 1.82) is 0 Å². The molecule has 6 heteroatoms. The van der Waals surface area contributed by atoms with E-state index in [2.05, 4.69) is 88.2 Å². The molecule has 252 valence electrons. The number of nitrogens with zero attached hydrogens (tertiary/aromatic N) is 2. The van der Waals surface area contributed by atoms with E-state index in [4.69, 9.17) is 4.74 Å². The smallest absolute Gasteiger partial charge is 0.227 e. The molecule has 1 heterocycles. The van der Waals surface area contributed by atoms with E-state index in [-0.39, 0.29) is 28.3 Å². The van der Waals surface area contributed by atoms with Crippen LogP contribution >= 0.6 is 28.7 Å². The van der Waals surface area contributed by atoms with Crippen LogP contribution in [0.1, 0.15) is 142 Å². The number of rotatable bonds is 20. The monoisotopic (exact) mass is 700 g/mol. The van der Waals surface area contributed by atoms with E-state index in [0.717, 1.165) is 42.4 Å². The van der Waals surface area contributed by atoms with Crippen LogP contribution in [-0.4, -0.2) is 23.3 Å². The molecule has 1 aliphatic rings. The second kappa shape index (κ2) is 21.1. The van der Waals surface area contributed by atoms with Crippen molar-refractivity contribution in [2.45, 2.75) is 144 Å². The van der Waals surface area contributed by atoms with Gasteiger partial charge in [-0.1, -0.05) is 130 Å². The first-order valence-corrected chi connectivity index (χ1v) is 18.4. The minimum Gasteiger partial charge on any atom is -0.493 e. The van der Waals surface area contributed by atoms with Crippen molar-refractivity contribution in [3.05, 3.63) is 70.3 Å². The van der Waals surface area contributed by atoms with Gasteiger partial charge in [0.05, 0.1) is 19.0 Å². The first-order chi connectivity index (χ1) is 21.2. The van der Waals surface area contributed by atoms with Gasteiger partial charge in [-0.15, -0.1) is 28.7 Å². The van der Waals surface area contributed by atoms with Crippen molar-refractivity contribution < 1.29 is 9.53 Å². The molecule has 0 radical (unpaired) electrons. The number of carbonyl (C=O) groups excluding carboxylic acids is 1. The summed E-state index contributed by atoms with van der Waals surface area (Å²) in [6.07, 6.45) is 18.8. The van der Waals surface area contributed by atoms with Crippen LogP contribution in [0.5, 0.6) is 5.75 Å². The quantitative estimate of drug-likeness (QED) is 0.129. The molecule has 45 heavy (non-hydrogen) atoms. The van der Waals surface area contributed by atoms with Gasteiger partial charge in [-0.25, -0.2) is 0 Å². The molecule has 4 nitrogen and oxygen atoms in total. The van der Waals surface area contributed by atoms with E-state index >= 15 is 0 Å². The number of amides is 1. The van der Waals surface area contributed by atoms with Crippen LogP contribution in [-0.2, 0) is 23.3 Å². The number of carbonyl (C=O) groups is 1. The Morgan fingerprint density at radius 1 is 0.867 bits per heavy atom. The summed E-state index contributed by atoms with van der Waals surface area (Å²) in [4.78, 5) is 18.8. The average Bonchev–Trinajstić information content (AvgIpc) is 3.41. The van der Waals surface area contributed by atoms with Crippen LogP contribution in [0.25, 0.3) is 0 Å². The number of anilines is 1. The van der Waals surface area contributed by atoms with Gasteiger partial charge in [-0.3, -0.25) is 4.79 Å². The fraction of sp³-hybridized carbons (Fsp3) is 0.615. The van der Waals surface area contributed by atoms with Gasteiger partial charge in [-0.2, -0.15) is 0 Å². The Kier molecular flexibility index (Phi) is 18.4. The summed E-state index contributed by atoms with van der Waals surface area (Å²) in [7, 11) is 0. The molecule has 0 aromatic heterocycles. The molecule has 2 aromatic carbocycles. The van der Waals surface area contributed by atoms with Crippen molar-refractivity contribution in [1.82, 2.24) is 4.90 Å². The highest BCUT2D eigenvalue weighted by atomic mass is 79.9. The second-order valence-electron chi connectivity index (χ2n) is 13.6. The largest absolute Gasteiger partial charge is 0.493 e. The fourth-order valence-electron chi connectivity index (χ4n) is 5.89. The highest BCUT2D eigenvalue weighted by Crippen LogP contribution is 2.34. The zero-order valence-electron chi connectivity index (χ0n) is 29.2. The summed E-state index contributed by atoms with van der Waals surface area (Å²) < 4.78 is 6.46. The van der Waals surface area contributed by atoms with Crippen molar-refractivity contribution in [3.63, 3.8) is 0 Å². The lowest BCUT2D eigenvalue weighted by molar-refractivity contribution is -0.118. The molecule has 1 aliphatic heterocycles. The normalized spacial score (nSPS) is 13.0. The molecule has 0 saturated carbocycles. The van der Waals surface area contributed by atoms with Crippen LogP contribution in [0.2, 0.25) is 0 Å². The molecule has 0 atom stereocenters. The number of hydrogen-bond donors (Lipinski definition) is 0. The van der Waals surface area contributed by atoms with Gasteiger partial charge in [-0.05, 0) is 58.6 Å². The molecule has 0 spiro atoms. The fourth-order valence-corrected chi connectivity index (χ4v) is 6.65. The summed E-state index contributed by atoms with van der Waals surface area (Å²) >= 11 is 1.87. The Morgan fingerprint density at radius 2 is 1.51 bits per heavy atom. The number of ether oxygens (including phenoxy) is 1. The van der Waals surface area contributed by atoms with Crippen LogP contribution in [0.15, 0.2) is 53.6 Å². The number of allylic oxidation sites excluding steroid dienone is 1. The number of benzene rings is 2. The second-order valence-corrected chi connectivity index (χ2v) is 14.8. The van der Waals surface area contributed by atoms with Gasteiger partial charge in [0.1, 0.15) is 5.75 Å². The summed E-state index contributed by atoms with van der Waals surface area (Å²) in [6.45, 7) is 15.2. The first-order valence-electron chi connectivity index (χ1n) is 17.4. The molecule has 0 unspecified atom stereocenters. The number of unbranched alkanes of at least 4 members (excludes halogenated alkanes) is 11.